The molecular weight excluding hydrogens is 188 g/mol. The predicted molar refractivity (Wildman–Crippen MR) is 51.2 cm³/mol. The van der Waals surface area contributed by atoms with Gasteiger partial charge in [-0.05, 0) is 12.3 Å². The van der Waals surface area contributed by atoms with Crippen LogP contribution < -0.4 is 0 Å². The summed E-state index contributed by atoms with van der Waals surface area (Å²) in [6, 6.07) is 0. The first kappa shape index (κ1) is 10.7. The van der Waals surface area contributed by atoms with Crippen molar-refractivity contribution in [3.8, 4) is 0 Å². The highest BCUT2D eigenvalue weighted by atomic mass is 32.2. The molecule has 0 spiro atoms. The van der Waals surface area contributed by atoms with Gasteiger partial charge in [-0.2, -0.15) is 0 Å². The van der Waals surface area contributed by atoms with E-state index < -0.39 is 15.3 Å². The number of hydrogen-bond acceptors (Lipinski definition) is 3. The largest absolute Gasteiger partial charge is 0.303 e. The van der Waals surface area contributed by atoms with Crippen molar-refractivity contribution in [2.75, 3.05) is 11.5 Å². The third-order valence-electron chi connectivity index (χ3n) is 3.20. The summed E-state index contributed by atoms with van der Waals surface area (Å²) in [6.45, 7) is 3.94. The normalized spacial score (nSPS) is 34.3. The van der Waals surface area contributed by atoms with Gasteiger partial charge in [0.2, 0.25) is 0 Å². The highest BCUT2D eigenvalue weighted by molar-refractivity contribution is 7.91. The molecule has 4 heteroatoms. The Balaban J connectivity index is 2.92. The molecule has 2 unspecified atom stereocenters. The van der Waals surface area contributed by atoms with Crippen molar-refractivity contribution in [2.24, 2.45) is 11.3 Å². The molecule has 76 valence electrons. The van der Waals surface area contributed by atoms with Gasteiger partial charge in [-0.3, -0.25) is 0 Å². The second-order valence-corrected chi connectivity index (χ2v) is 6.19. The van der Waals surface area contributed by atoms with E-state index in [9.17, 15) is 13.2 Å². The van der Waals surface area contributed by atoms with Gasteiger partial charge in [-0.1, -0.05) is 20.3 Å². The summed E-state index contributed by atoms with van der Waals surface area (Å²) >= 11 is 0. The lowest BCUT2D eigenvalue weighted by Crippen LogP contribution is -2.31. The molecule has 0 aromatic rings. The van der Waals surface area contributed by atoms with Gasteiger partial charge in [0.25, 0.3) is 0 Å². The van der Waals surface area contributed by atoms with Gasteiger partial charge in [0, 0.05) is 5.41 Å². The SMILES string of the molecule is CCC(C)C1(C=O)CCS(=O)(=O)C1. The zero-order valence-electron chi connectivity index (χ0n) is 8.12. The van der Waals surface area contributed by atoms with Crippen molar-refractivity contribution in [1.29, 1.82) is 0 Å². The maximum Gasteiger partial charge on any atom is 0.151 e. The summed E-state index contributed by atoms with van der Waals surface area (Å²) in [6.07, 6.45) is 2.22. The van der Waals surface area contributed by atoms with Crippen molar-refractivity contribution in [1.82, 2.24) is 0 Å². The first-order valence-electron chi connectivity index (χ1n) is 4.62. The minimum atomic E-state index is -2.95. The van der Waals surface area contributed by atoms with Crippen LogP contribution in [0.4, 0.5) is 0 Å². The predicted octanol–water partition coefficient (Wildman–Crippen LogP) is 1.04. The fourth-order valence-corrected chi connectivity index (χ4v) is 4.05. The van der Waals surface area contributed by atoms with Crippen molar-refractivity contribution in [3.63, 3.8) is 0 Å². The van der Waals surface area contributed by atoms with Gasteiger partial charge >= 0.3 is 0 Å². The topological polar surface area (TPSA) is 51.2 Å². The van der Waals surface area contributed by atoms with Crippen LogP contribution in [0.15, 0.2) is 0 Å². The zero-order valence-corrected chi connectivity index (χ0v) is 8.93. The Kier molecular flexibility index (Phi) is 2.80. The first-order chi connectivity index (χ1) is 5.96. The van der Waals surface area contributed by atoms with Crippen molar-refractivity contribution in [2.45, 2.75) is 26.7 Å². The Labute approximate surface area is 79.4 Å². The van der Waals surface area contributed by atoms with E-state index in [0.29, 0.717) is 6.42 Å². The van der Waals surface area contributed by atoms with E-state index in [2.05, 4.69) is 0 Å². The van der Waals surface area contributed by atoms with Crippen molar-refractivity contribution >= 4 is 16.1 Å². The van der Waals surface area contributed by atoms with E-state index in [0.717, 1.165) is 12.7 Å². The Morgan fingerprint density at radius 1 is 1.54 bits per heavy atom. The van der Waals surface area contributed by atoms with Crippen LogP contribution in [0, 0.1) is 11.3 Å². The molecule has 1 saturated heterocycles. The second kappa shape index (κ2) is 3.40. The fourth-order valence-electron chi connectivity index (χ4n) is 1.90. The highest BCUT2D eigenvalue weighted by Crippen LogP contribution is 2.38. The molecule has 0 saturated carbocycles. The van der Waals surface area contributed by atoms with Gasteiger partial charge in [-0.25, -0.2) is 8.42 Å². The molecule has 1 heterocycles. The molecule has 1 rings (SSSR count). The minimum Gasteiger partial charge on any atom is -0.303 e. The fraction of sp³-hybridized carbons (Fsp3) is 0.889. The molecule has 0 bridgehead atoms. The van der Waals surface area contributed by atoms with Crippen molar-refractivity contribution in [3.05, 3.63) is 0 Å². The van der Waals surface area contributed by atoms with Crippen LogP contribution in [-0.4, -0.2) is 26.2 Å². The number of carbonyl (C=O) groups is 1. The summed E-state index contributed by atoms with van der Waals surface area (Å²) in [5.74, 6) is 0.400. The molecule has 13 heavy (non-hydrogen) atoms. The smallest absolute Gasteiger partial charge is 0.151 e. The highest BCUT2D eigenvalue weighted by Gasteiger charge is 2.45. The van der Waals surface area contributed by atoms with Crippen molar-refractivity contribution < 1.29 is 13.2 Å². The zero-order chi connectivity index (χ0) is 10.1. The molecule has 0 aromatic heterocycles. The lowest BCUT2D eigenvalue weighted by atomic mass is 9.76. The van der Waals surface area contributed by atoms with E-state index >= 15 is 0 Å². The summed E-state index contributed by atoms with van der Waals surface area (Å²) in [5, 5.41) is 0. The molecule has 0 radical (unpaired) electrons. The van der Waals surface area contributed by atoms with E-state index in [1.807, 2.05) is 13.8 Å². The molecule has 1 fully saturated rings. The maximum absolute atomic E-state index is 11.3. The molecular formula is C9H16O3S. The van der Waals surface area contributed by atoms with Crippen LogP contribution in [0.5, 0.6) is 0 Å². The van der Waals surface area contributed by atoms with Crippen LogP contribution >= 0.6 is 0 Å². The molecule has 3 nitrogen and oxygen atoms in total. The van der Waals surface area contributed by atoms with E-state index in [-0.39, 0.29) is 17.4 Å². The Hall–Kier alpha value is -0.380. The van der Waals surface area contributed by atoms with Gasteiger partial charge in [0.1, 0.15) is 6.29 Å². The third kappa shape index (κ3) is 1.93. The summed E-state index contributed by atoms with van der Waals surface area (Å²) in [4.78, 5) is 11.0. The lowest BCUT2D eigenvalue weighted by molar-refractivity contribution is -0.117. The van der Waals surface area contributed by atoms with E-state index in [4.69, 9.17) is 0 Å². The second-order valence-electron chi connectivity index (χ2n) is 4.00. The summed E-state index contributed by atoms with van der Waals surface area (Å²) in [7, 11) is -2.95. The number of hydrogen-bond donors (Lipinski definition) is 0. The molecule has 0 N–H and O–H groups in total. The number of sulfone groups is 1. The standard InChI is InChI=1S/C9H16O3S/c1-3-8(2)9(6-10)4-5-13(11,12)7-9/h6,8H,3-5,7H2,1-2H3. The lowest BCUT2D eigenvalue weighted by Gasteiger charge is -2.27. The molecule has 1 aliphatic rings. The average molecular weight is 204 g/mol. The van der Waals surface area contributed by atoms with Crippen LogP contribution in [-0.2, 0) is 14.6 Å². The first-order valence-corrected chi connectivity index (χ1v) is 6.44. The molecule has 0 amide bonds. The minimum absolute atomic E-state index is 0.0541. The Morgan fingerprint density at radius 2 is 2.15 bits per heavy atom. The van der Waals surface area contributed by atoms with Gasteiger partial charge < -0.3 is 4.79 Å². The quantitative estimate of drug-likeness (QED) is 0.645. The number of rotatable bonds is 3. The van der Waals surface area contributed by atoms with Crippen LogP contribution in [0.1, 0.15) is 26.7 Å². The van der Waals surface area contributed by atoms with Crippen LogP contribution in [0.25, 0.3) is 0 Å². The number of carbonyl (C=O) groups excluding carboxylic acids is 1. The average Bonchev–Trinajstić information content (AvgIpc) is 2.41. The molecule has 1 aliphatic heterocycles. The molecule has 0 aromatic carbocycles. The third-order valence-corrected chi connectivity index (χ3v) is 5.00. The van der Waals surface area contributed by atoms with Gasteiger partial charge in [0.15, 0.2) is 9.84 Å². The maximum atomic E-state index is 11.3. The number of aldehydes is 1. The van der Waals surface area contributed by atoms with Crippen LogP contribution in [0.3, 0.4) is 0 Å². The summed E-state index contributed by atoms with van der Waals surface area (Å²) in [5.41, 5.74) is -0.590. The summed E-state index contributed by atoms with van der Waals surface area (Å²) < 4.78 is 22.5. The molecule has 0 aliphatic carbocycles. The van der Waals surface area contributed by atoms with E-state index in [1.54, 1.807) is 0 Å². The van der Waals surface area contributed by atoms with E-state index in [1.165, 1.54) is 0 Å². The Bertz CT molecular complexity index is 294. The Morgan fingerprint density at radius 3 is 2.46 bits per heavy atom. The van der Waals surface area contributed by atoms with Gasteiger partial charge in [-0.15, -0.1) is 0 Å². The van der Waals surface area contributed by atoms with Crippen LogP contribution in [0.2, 0.25) is 0 Å². The monoisotopic (exact) mass is 204 g/mol. The molecule has 2 atom stereocenters. The van der Waals surface area contributed by atoms with Gasteiger partial charge in [0.05, 0.1) is 11.5 Å².